The monoisotopic (exact) mass is 311 g/mol. The number of esters is 1. The molecule has 1 N–H and O–H groups in total. The number of anilines is 1. The highest BCUT2D eigenvalue weighted by atomic mass is 35.5. The third-order valence-corrected chi connectivity index (χ3v) is 2.80. The van der Waals surface area contributed by atoms with Crippen LogP contribution in [-0.2, 0) is 11.3 Å². The van der Waals surface area contributed by atoms with E-state index in [-0.39, 0.29) is 28.8 Å². The van der Waals surface area contributed by atoms with Crippen molar-refractivity contribution in [1.82, 2.24) is 4.98 Å². The minimum atomic E-state index is -0.585. The van der Waals surface area contributed by atoms with Gasteiger partial charge < -0.3 is 14.5 Å². The lowest BCUT2D eigenvalue weighted by Crippen LogP contribution is -2.02. The number of pyridine rings is 1. The predicted molar refractivity (Wildman–Crippen MR) is 73.3 cm³/mol. The molecular weight excluding hydrogens is 302 g/mol. The zero-order chi connectivity index (χ0) is 15.4. The Labute approximate surface area is 123 Å². The van der Waals surface area contributed by atoms with E-state index in [2.05, 4.69) is 15.0 Å². The molecule has 0 unspecified atom stereocenters. The van der Waals surface area contributed by atoms with E-state index in [0.717, 1.165) is 6.20 Å². The van der Waals surface area contributed by atoms with Gasteiger partial charge in [-0.15, -0.1) is 0 Å². The summed E-state index contributed by atoms with van der Waals surface area (Å²) in [4.78, 5) is 25.1. The summed E-state index contributed by atoms with van der Waals surface area (Å²) in [5, 5.41) is 13.5. The van der Waals surface area contributed by atoms with Crippen molar-refractivity contribution in [2.45, 2.75) is 6.54 Å². The molecule has 0 atom stereocenters. The maximum Gasteiger partial charge on any atom is 0.373 e. The van der Waals surface area contributed by atoms with Crippen molar-refractivity contribution in [2.24, 2.45) is 0 Å². The fourth-order valence-electron chi connectivity index (χ4n) is 1.51. The van der Waals surface area contributed by atoms with Gasteiger partial charge >= 0.3 is 5.97 Å². The number of halogens is 1. The molecule has 0 aromatic carbocycles. The molecule has 9 heteroatoms. The lowest BCUT2D eigenvalue weighted by Gasteiger charge is -2.05. The van der Waals surface area contributed by atoms with E-state index >= 15 is 0 Å². The Kier molecular flexibility index (Phi) is 4.39. The first-order chi connectivity index (χ1) is 10.0. The average molecular weight is 312 g/mol. The van der Waals surface area contributed by atoms with Gasteiger partial charge in [0.05, 0.1) is 23.6 Å². The molecule has 0 fully saturated rings. The number of aromatic nitrogens is 1. The molecule has 8 nitrogen and oxygen atoms in total. The van der Waals surface area contributed by atoms with Crippen molar-refractivity contribution in [3.8, 4) is 0 Å². The number of methoxy groups -OCH3 is 1. The highest BCUT2D eigenvalue weighted by Crippen LogP contribution is 2.24. The van der Waals surface area contributed by atoms with Crippen molar-refractivity contribution in [3.63, 3.8) is 0 Å². The van der Waals surface area contributed by atoms with Crippen LogP contribution in [0.1, 0.15) is 16.3 Å². The summed E-state index contributed by atoms with van der Waals surface area (Å²) in [5.41, 5.74) is -0.198. The van der Waals surface area contributed by atoms with Gasteiger partial charge in [0.25, 0.3) is 5.69 Å². The summed E-state index contributed by atoms with van der Waals surface area (Å²) in [6.07, 6.45) is 1.09. The SMILES string of the molecule is COC(=O)c1ccc(CNc2ncc([N+](=O)[O-])cc2Cl)o1. The van der Waals surface area contributed by atoms with E-state index in [0.29, 0.717) is 5.76 Å². The summed E-state index contributed by atoms with van der Waals surface area (Å²) < 4.78 is 9.76. The summed E-state index contributed by atoms with van der Waals surface area (Å²) in [5.74, 6) is 0.245. The second kappa shape index (κ2) is 6.23. The van der Waals surface area contributed by atoms with E-state index in [9.17, 15) is 14.9 Å². The zero-order valence-electron chi connectivity index (χ0n) is 10.8. The lowest BCUT2D eigenvalue weighted by atomic mass is 10.4. The summed E-state index contributed by atoms with van der Waals surface area (Å²) in [6.45, 7) is 0.210. The van der Waals surface area contributed by atoms with Crippen molar-refractivity contribution in [1.29, 1.82) is 0 Å². The van der Waals surface area contributed by atoms with Gasteiger partial charge in [0.2, 0.25) is 5.76 Å². The van der Waals surface area contributed by atoms with Gasteiger partial charge in [-0.1, -0.05) is 11.6 Å². The molecule has 0 aliphatic carbocycles. The predicted octanol–water partition coefficient (Wildman–Crippen LogP) is 2.63. The number of carbonyl (C=O) groups excluding carboxylic acids is 1. The lowest BCUT2D eigenvalue weighted by molar-refractivity contribution is -0.385. The van der Waals surface area contributed by atoms with Gasteiger partial charge in [0.1, 0.15) is 17.8 Å². The van der Waals surface area contributed by atoms with Crippen LogP contribution in [0.4, 0.5) is 11.5 Å². The maximum absolute atomic E-state index is 11.2. The number of carbonyl (C=O) groups is 1. The molecule has 0 bridgehead atoms. The third kappa shape index (κ3) is 3.48. The molecule has 0 aliphatic heterocycles. The summed E-state index contributed by atoms with van der Waals surface area (Å²) in [6, 6.07) is 4.27. The van der Waals surface area contributed by atoms with E-state index in [1.165, 1.54) is 19.2 Å². The van der Waals surface area contributed by atoms with Crippen LogP contribution in [0.15, 0.2) is 28.8 Å². The minimum absolute atomic E-state index is 0.0806. The van der Waals surface area contributed by atoms with Crippen molar-refractivity contribution >= 4 is 29.1 Å². The molecule has 0 amide bonds. The number of hydrogen-bond acceptors (Lipinski definition) is 7. The standard InChI is InChI=1S/C12H10ClN3O5/c1-20-12(17)10-3-2-8(21-10)6-15-11-9(13)4-7(5-14-11)16(18)19/h2-5H,6H2,1H3,(H,14,15). The van der Waals surface area contributed by atoms with Crippen LogP contribution in [0.3, 0.4) is 0 Å². The number of furan rings is 1. The Balaban J connectivity index is 2.04. The third-order valence-electron chi connectivity index (χ3n) is 2.52. The largest absolute Gasteiger partial charge is 0.463 e. The number of ether oxygens (including phenoxy) is 1. The molecule has 0 spiro atoms. The quantitative estimate of drug-likeness (QED) is 0.513. The Bertz CT molecular complexity index is 685. The van der Waals surface area contributed by atoms with E-state index in [4.69, 9.17) is 16.0 Å². The Hall–Kier alpha value is -2.61. The van der Waals surface area contributed by atoms with Crippen LogP contribution in [0.25, 0.3) is 0 Å². The van der Waals surface area contributed by atoms with Crippen molar-refractivity contribution in [2.75, 3.05) is 12.4 Å². The van der Waals surface area contributed by atoms with Gasteiger partial charge in [0, 0.05) is 6.07 Å². The maximum atomic E-state index is 11.2. The summed E-state index contributed by atoms with van der Waals surface area (Å²) >= 11 is 5.88. The number of nitro groups is 1. The van der Waals surface area contributed by atoms with Crippen LogP contribution >= 0.6 is 11.6 Å². The van der Waals surface area contributed by atoms with Crippen LogP contribution in [-0.4, -0.2) is 23.0 Å². The zero-order valence-corrected chi connectivity index (χ0v) is 11.6. The highest BCUT2D eigenvalue weighted by Gasteiger charge is 2.13. The first-order valence-electron chi connectivity index (χ1n) is 5.72. The van der Waals surface area contributed by atoms with E-state index in [1.54, 1.807) is 6.07 Å². The minimum Gasteiger partial charge on any atom is -0.463 e. The van der Waals surface area contributed by atoms with Gasteiger partial charge in [-0.05, 0) is 12.1 Å². The smallest absolute Gasteiger partial charge is 0.373 e. The molecule has 0 radical (unpaired) electrons. The number of rotatable bonds is 5. The molecule has 21 heavy (non-hydrogen) atoms. The molecule has 2 aromatic heterocycles. The van der Waals surface area contributed by atoms with Crippen molar-refractivity contribution < 1.29 is 18.9 Å². The van der Waals surface area contributed by atoms with E-state index < -0.39 is 10.9 Å². The molecule has 2 heterocycles. The van der Waals surface area contributed by atoms with Crippen LogP contribution in [0, 0.1) is 10.1 Å². The van der Waals surface area contributed by atoms with E-state index in [1.807, 2.05) is 0 Å². The van der Waals surface area contributed by atoms with Gasteiger partial charge in [-0.3, -0.25) is 10.1 Å². The topological polar surface area (TPSA) is 108 Å². The fraction of sp³-hybridized carbons (Fsp3) is 0.167. The summed E-state index contributed by atoms with van der Waals surface area (Å²) in [7, 11) is 1.25. The van der Waals surface area contributed by atoms with Crippen LogP contribution in [0.5, 0.6) is 0 Å². The molecule has 0 aliphatic rings. The van der Waals surface area contributed by atoms with Gasteiger partial charge in [0.15, 0.2) is 0 Å². The number of nitrogens with zero attached hydrogens (tertiary/aromatic N) is 2. The fourth-order valence-corrected chi connectivity index (χ4v) is 1.74. The Morgan fingerprint density at radius 3 is 2.95 bits per heavy atom. The molecule has 2 rings (SSSR count). The number of nitrogens with one attached hydrogen (secondary N) is 1. The second-order valence-corrected chi connectivity index (χ2v) is 4.30. The molecular formula is C12H10ClN3O5. The Morgan fingerprint density at radius 2 is 2.33 bits per heavy atom. The first-order valence-corrected chi connectivity index (χ1v) is 6.10. The highest BCUT2D eigenvalue weighted by molar-refractivity contribution is 6.33. The molecule has 0 saturated heterocycles. The van der Waals surface area contributed by atoms with Crippen LogP contribution in [0.2, 0.25) is 5.02 Å². The molecule has 110 valence electrons. The average Bonchev–Trinajstić information content (AvgIpc) is 2.93. The van der Waals surface area contributed by atoms with Crippen LogP contribution < -0.4 is 5.32 Å². The second-order valence-electron chi connectivity index (χ2n) is 3.89. The van der Waals surface area contributed by atoms with Gasteiger partial charge in [-0.25, -0.2) is 9.78 Å². The Morgan fingerprint density at radius 1 is 1.57 bits per heavy atom. The first kappa shape index (κ1) is 14.8. The molecule has 0 saturated carbocycles. The van der Waals surface area contributed by atoms with Gasteiger partial charge in [-0.2, -0.15) is 0 Å². The number of hydrogen-bond donors (Lipinski definition) is 1. The molecule has 2 aromatic rings. The normalized spacial score (nSPS) is 10.2. The van der Waals surface area contributed by atoms with Crippen molar-refractivity contribution in [3.05, 3.63) is 51.1 Å².